The van der Waals surface area contributed by atoms with E-state index in [0.29, 0.717) is 17.9 Å². The van der Waals surface area contributed by atoms with Crippen LogP contribution in [0.1, 0.15) is 42.4 Å². The minimum atomic E-state index is -0.670. The van der Waals surface area contributed by atoms with Crippen molar-refractivity contribution in [1.82, 2.24) is 10.3 Å². The first-order valence-corrected chi connectivity index (χ1v) is 15.1. The van der Waals surface area contributed by atoms with E-state index in [9.17, 15) is 14.7 Å². The lowest BCUT2D eigenvalue weighted by molar-refractivity contribution is -0.245. The van der Waals surface area contributed by atoms with E-state index in [-0.39, 0.29) is 32.0 Å². The van der Waals surface area contributed by atoms with Gasteiger partial charge in [0.25, 0.3) is 0 Å². The molecular formula is C30H31N3O6S2. The van der Waals surface area contributed by atoms with Gasteiger partial charge in [0.05, 0.1) is 35.6 Å². The van der Waals surface area contributed by atoms with Gasteiger partial charge in [-0.3, -0.25) is 4.79 Å². The van der Waals surface area contributed by atoms with Gasteiger partial charge in [0.2, 0.25) is 0 Å². The summed E-state index contributed by atoms with van der Waals surface area (Å²) in [4.78, 5) is 28.6. The Morgan fingerprint density at radius 1 is 1.07 bits per heavy atom. The molecule has 1 fully saturated rings. The minimum Gasteiger partial charge on any atom is -0.465 e. The number of nitrogens with zero attached hydrogens (tertiary/aromatic N) is 1. The quantitative estimate of drug-likeness (QED) is 0.156. The molecule has 5 rings (SSSR count). The standard InChI is InChI=1S/C30H31N3O6S2/c1-2-37-27(35)16-31-29(36)32-22-7-5-6-21(14-22)28-38-23(15-25(39-28)20-12-10-19(17-34)11-13-20)18-40-30-33-24-8-3-4-9-26(24)41-30/h3-14,23,25,28,34H,2,15-18H2,1H3,(H2,31,32,36). The molecule has 0 aliphatic carbocycles. The van der Waals surface area contributed by atoms with E-state index >= 15 is 0 Å². The maximum atomic E-state index is 12.3. The maximum absolute atomic E-state index is 12.3. The zero-order valence-electron chi connectivity index (χ0n) is 22.4. The Bertz CT molecular complexity index is 1450. The number of aromatic nitrogens is 1. The third kappa shape index (κ3) is 7.84. The van der Waals surface area contributed by atoms with E-state index in [1.807, 2.05) is 54.6 Å². The van der Waals surface area contributed by atoms with Crippen LogP contribution in [-0.2, 0) is 25.6 Å². The van der Waals surface area contributed by atoms with Gasteiger partial charge in [-0.1, -0.05) is 60.3 Å². The zero-order valence-corrected chi connectivity index (χ0v) is 24.1. The number of urea groups is 1. The molecule has 11 heteroatoms. The van der Waals surface area contributed by atoms with Gasteiger partial charge in [-0.05, 0) is 42.3 Å². The number of thiazole rings is 1. The molecule has 0 saturated carbocycles. The Morgan fingerprint density at radius 3 is 2.68 bits per heavy atom. The molecule has 214 valence electrons. The topological polar surface area (TPSA) is 119 Å². The summed E-state index contributed by atoms with van der Waals surface area (Å²) in [6.45, 7) is 1.71. The van der Waals surface area contributed by atoms with Crippen molar-refractivity contribution in [3.05, 3.63) is 89.5 Å². The normalized spacial score (nSPS) is 18.6. The number of anilines is 1. The summed E-state index contributed by atoms with van der Waals surface area (Å²) in [6.07, 6.45) is -0.373. The summed E-state index contributed by atoms with van der Waals surface area (Å²) in [5, 5.41) is 14.7. The molecule has 0 bridgehead atoms. The molecule has 3 N–H and O–H groups in total. The van der Waals surface area contributed by atoms with Gasteiger partial charge < -0.3 is 30.0 Å². The number of ether oxygens (including phenoxy) is 3. The summed E-state index contributed by atoms with van der Waals surface area (Å²) < 4.78 is 19.8. The molecule has 2 heterocycles. The van der Waals surface area contributed by atoms with Crippen molar-refractivity contribution >= 4 is 51.0 Å². The van der Waals surface area contributed by atoms with E-state index in [2.05, 4.69) is 16.7 Å². The molecule has 3 aromatic carbocycles. The van der Waals surface area contributed by atoms with Crippen LogP contribution in [0.5, 0.6) is 0 Å². The number of carbonyl (C=O) groups excluding carboxylic acids is 2. The van der Waals surface area contributed by atoms with E-state index in [4.69, 9.17) is 19.2 Å². The number of aliphatic hydroxyl groups excluding tert-OH is 1. The van der Waals surface area contributed by atoms with Gasteiger partial charge in [-0.2, -0.15) is 0 Å². The molecule has 1 aliphatic rings. The maximum Gasteiger partial charge on any atom is 0.325 e. The number of para-hydroxylation sites is 1. The van der Waals surface area contributed by atoms with E-state index in [1.54, 1.807) is 42.2 Å². The van der Waals surface area contributed by atoms with E-state index < -0.39 is 18.3 Å². The molecule has 1 saturated heterocycles. The van der Waals surface area contributed by atoms with Crippen LogP contribution in [-0.4, -0.2) is 47.1 Å². The van der Waals surface area contributed by atoms with E-state index in [0.717, 1.165) is 31.2 Å². The molecule has 0 spiro atoms. The highest BCUT2D eigenvalue weighted by atomic mass is 32.2. The van der Waals surface area contributed by atoms with Crippen LogP contribution in [0.3, 0.4) is 0 Å². The molecule has 1 aromatic heterocycles. The average Bonchev–Trinajstić information content (AvgIpc) is 3.42. The van der Waals surface area contributed by atoms with Crippen molar-refractivity contribution in [2.75, 3.05) is 24.2 Å². The number of thioether (sulfide) groups is 1. The first-order valence-electron chi connectivity index (χ1n) is 13.3. The van der Waals surface area contributed by atoms with Crippen LogP contribution in [0.4, 0.5) is 10.5 Å². The van der Waals surface area contributed by atoms with Crippen LogP contribution in [0, 0.1) is 0 Å². The lowest BCUT2D eigenvalue weighted by Gasteiger charge is -2.36. The van der Waals surface area contributed by atoms with Gasteiger partial charge in [0, 0.05) is 23.4 Å². The Hall–Kier alpha value is -3.48. The highest BCUT2D eigenvalue weighted by molar-refractivity contribution is 8.01. The van der Waals surface area contributed by atoms with Crippen LogP contribution >= 0.6 is 23.1 Å². The number of carbonyl (C=O) groups is 2. The average molecular weight is 594 g/mol. The lowest BCUT2D eigenvalue weighted by Crippen LogP contribution is -2.34. The number of hydrogen-bond donors (Lipinski definition) is 3. The third-order valence-electron chi connectivity index (χ3n) is 6.40. The second-order valence-electron chi connectivity index (χ2n) is 9.35. The van der Waals surface area contributed by atoms with Gasteiger partial charge in [0.15, 0.2) is 10.6 Å². The predicted molar refractivity (Wildman–Crippen MR) is 159 cm³/mol. The van der Waals surface area contributed by atoms with Gasteiger partial charge in [-0.25, -0.2) is 9.78 Å². The van der Waals surface area contributed by atoms with Gasteiger partial charge >= 0.3 is 12.0 Å². The molecule has 0 radical (unpaired) electrons. The van der Waals surface area contributed by atoms with Crippen molar-refractivity contribution in [1.29, 1.82) is 0 Å². The first-order chi connectivity index (χ1) is 20.0. The number of rotatable bonds is 10. The Labute approximate surface area is 246 Å². The van der Waals surface area contributed by atoms with Gasteiger partial charge in [-0.15, -0.1) is 11.3 Å². The second-order valence-corrected chi connectivity index (χ2v) is 11.6. The second kappa shape index (κ2) is 13.9. The first kappa shape index (κ1) is 29.0. The van der Waals surface area contributed by atoms with Crippen LogP contribution in [0.2, 0.25) is 0 Å². The number of hydrogen-bond acceptors (Lipinski definition) is 9. The van der Waals surface area contributed by atoms with Crippen LogP contribution in [0.25, 0.3) is 10.2 Å². The number of benzene rings is 3. The van der Waals surface area contributed by atoms with Crippen molar-refractivity contribution in [2.24, 2.45) is 0 Å². The van der Waals surface area contributed by atoms with Crippen LogP contribution < -0.4 is 10.6 Å². The van der Waals surface area contributed by atoms with Gasteiger partial charge in [0.1, 0.15) is 6.54 Å². The predicted octanol–water partition coefficient (Wildman–Crippen LogP) is 5.81. The van der Waals surface area contributed by atoms with Crippen LogP contribution in [0.15, 0.2) is 77.1 Å². The van der Waals surface area contributed by atoms with Crippen molar-refractivity contribution in [3.8, 4) is 0 Å². The molecule has 2 amide bonds. The molecule has 9 nitrogen and oxygen atoms in total. The highest BCUT2D eigenvalue weighted by Gasteiger charge is 2.32. The van der Waals surface area contributed by atoms with Crippen molar-refractivity contribution < 1.29 is 28.9 Å². The summed E-state index contributed by atoms with van der Waals surface area (Å²) in [6, 6.07) is 22.6. The molecule has 4 aromatic rings. The largest absolute Gasteiger partial charge is 0.465 e. The summed E-state index contributed by atoms with van der Waals surface area (Å²) >= 11 is 3.33. The Balaban J connectivity index is 1.30. The number of fused-ring (bicyclic) bond motifs is 1. The molecular weight excluding hydrogens is 562 g/mol. The Kier molecular flexibility index (Phi) is 9.86. The smallest absolute Gasteiger partial charge is 0.325 e. The molecule has 3 atom stereocenters. The molecule has 3 unspecified atom stereocenters. The lowest BCUT2D eigenvalue weighted by atomic mass is 10.0. The fraction of sp³-hybridized carbons (Fsp3) is 0.300. The summed E-state index contributed by atoms with van der Waals surface area (Å²) in [5.74, 6) is 0.187. The third-order valence-corrected chi connectivity index (χ3v) is 8.71. The number of nitrogens with one attached hydrogen (secondary N) is 2. The number of esters is 1. The molecule has 1 aliphatic heterocycles. The van der Waals surface area contributed by atoms with Crippen molar-refractivity contribution in [2.45, 2.75) is 42.8 Å². The summed E-state index contributed by atoms with van der Waals surface area (Å²) in [7, 11) is 0. The monoisotopic (exact) mass is 593 g/mol. The Morgan fingerprint density at radius 2 is 1.90 bits per heavy atom. The minimum absolute atomic E-state index is 0.0217. The zero-order chi connectivity index (χ0) is 28.6. The summed E-state index contributed by atoms with van der Waals surface area (Å²) in [5.41, 5.74) is 4.10. The fourth-order valence-electron chi connectivity index (χ4n) is 4.40. The van der Waals surface area contributed by atoms with Crippen molar-refractivity contribution in [3.63, 3.8) is 0 Å². The van der Waals surface area contributed by atoms with E-state index in [1.165, 1.54) is 0 Å². The molecule has 41 heavy (non-hydrogen) atoms. The fourth-order valence-corrected chi connectivity index (χ4v) is 6.51. The highest BCUT2D eigenvalue weighted by Crippen LogP contribution is 2.40. The number of amides is 2. The SMILES string of the molecule is CCOC(=O)CNC(=O)Nc1cccc(C2OC(CSc3nc4ccccc4s3)CC(c3ccc(CO)cc3)O2)c1. The number of aliphatic hydroxyl groups is 1.